The maximum absolute atomic E-state index is 13.0. The maximum atomic E-state index is 13.0. The molecule has 1 aliphatic heterocycles. The number of non-ortho nitro benzene ring substituents is 1. The molecule has 4 aromatic rings. The lowest BCUT2D eigenvalue weighted by atomic mass is 10.1. The van der Waals surface area contributed by atoms with Crippen LogP contribution in [0.15, 0.2) is 85.3 Å². The number of rotatable bonds is 10. The Morgan fingerprint density at radius 2 is 1.57 bits per heavy atom. The highest BCUT2D eigenvalue weighted by Gasteiger charge is 2.41. The fourth-order valence-corrected chi connectivity index (χ4v) is 4.82. The molecule has 0 N–H and O–H groups in total. The van der Waals surface area contributed by atoms with Crippen molar-refractivity contribution in [3.8, 4) is 0 Å². The maximum Gasteiger partial charge on any atom is 0.338 e. The molecular weight excluding hydrogens is 538 g/mol. The van der Waals surface area contributed by atoms with Crippen LogP contribution in [0.1, 0.15) is 55.6 Å². The Bertz CT molecular complexity index is 1550. The van der Waals surface area contributed by atoms with Gasteiger partial charge in [-0.3, -0.25) is 10.1 Å². The van der Waals surface area contributed by atoms with Crippen LogP contribution in [0.3, 0.4) is 0 Å². The van der Waals surface area contributed by atoms with Crippen molar-refractivity contribution in [1.29, 1.82) is 0 Å². The minimum atomic E-state index is -0.684. The standard InChI is InChI=1S/C32H31N3O7/c1-21-3-9-24(10-4-21)31(36)40-19-30-29(42-32(37)25-11-5-22(2)6-12-25)17-28(41-30)27-18-33-20-34(27)16-15-23-7-13-26(14-8-23)35(38)39/h3-14,18,20,28-30H,15-17,19H2,1-2H3/t28-,29+,30-/m1/s1. The predicted molar refractivity (Wildman–Crippen MR) is 153 cm³/mol. The van der Waals surface area contributed by atoms with E-state index < -0.39 is 35.2 Å². The smallest absolute Gasteiger partial charge is 0.338 e. The number of aromatic nitrogens is 2. The minimum Gasteiger partial charge on any atom is -0.459 e. The second kappa shape index (κ2) is 12.8. The van der Waals surface area contributed by atoms with Crippen LogP contribution >= 0.6 is 0 Å². The van der Waals surface area contributed by atoms with Crippen molar-refractivity contribution < 1.29 is 28.7 Å². The molecule has 10 heteroatoms. The summed E-state index contributed by atoms with van der Waals surface area (Å²) < 4.78 is 19.8. The van der Waals surface area contributed by atoms with Crippen molar-refractivity contribution in [2.45, 2.75) is 51.5 Å². The number of esters is 2. The summed E-state index contributed by atoms with van der Waals surface area (Å²) in [5.41, 5.74) is 4.68. The van der Waals surface area contributed by atoms with Gasteiger partial charge in [-0.05, 0) is 50.1 Å². The zero-order chi connectivity index (χ0) is 29.6. The quantitative estimate of drug-likeness (QED) is 0.138. The number of ether oxygens (including phenoxy) is 3. The van der Waals surface area contributed by atoms with Crippen molar-refractivity contribution in [3.63, 3.8) is 0 Å². The van der Waals surface area contributed by atoms with Crippen molar-refractivity contribution in [2.75, 3.05) is 6.61 Å². The molecule has 0 unspecified atom stereocenters. The second-order valence-corrected chi connectivity index (χ2v) is 10.4. The van der Waals surface area contributed by atoms with Crippen LogP contribution in [0.4, 0.5) is 5.69 Å². The van der Waals surface area contributed by atoms with E-state index in [4.69, 9.17) is 14.2 Å². The largest absolute Gasteiger partial charge is 0.459 e. The van der Waals surface area contributed by atoms with Crippen LogP contribution in [0, 0.1) is 24.0 Å². The average Bonchev–Trinajstić information content (AvgIpc) is 3.62. The van der Waals surface area contributed by atoms with E-state index in [0.717, 1.165) is 22.4 Å². The van der Waals surface area contributed by atoms with E-state index in [-0.39, 0.29) is 12.3 Å². The number of nitro benzene ring substituents is 1. The predicted octanol–water partition coefficient (Wildman–Crippen LogP) is 5.56. The second-order valence-electron chi connectivity index (χ2n) is 10.4. The average molecular weight is 570 g/mol. The molecule has 0 saturated carbocycles. The van der Waals surface area contributed by atoms with E-state index in [0.29, 0.717) is 30.5 Å². The Labute approximate surface area is 243 Å². The van der Waals surface area contributed by atoms with Crippen LogP contribution in [-0.2, 0) is 27.2 Å². The fourth-order valence-electron chi connectivity index (χ4n) is 4.82. The molecule has 216 valence electrons. The van der Waals surface area contributed by atoms with Gasteiger partial charge in [0, 0.05) is 25.1 Å². The van der Waals surface area contributed by atoms with E-state index in [2.05, 4.69) is 4.98 Å². The van der Waals surface area contributed by atoms with Gasteiger partial charge in [0.1, 0.15) is 24.9 Å². The van der Waals surface area contributed by atoms with Crippen molar-refractivity contribution in [1.82, 2.24) is 9.55 Å². The number of carbonyl (C=O) groups is 2. The van der Waals surface area contributed by atoms with E-state index >= 15 is 0 Å². The summed E-state index contributed by atoms with van der Waals surface area (Å²) in [6, 6.07) is 20.6. The number of nitrogens with zero attached hydrogens (tertiary/aromatic N) is 3. The molecule has 2 heterocycles. The van der Waals surface area contributed by atoms with Gasteiger partial charge in [0.15, 0.2) is 0 Å². The van der Waals surface area contributed by atoms with E-state index in [9.17, 15) is 19.7 Å². The van der Waals surface area contributed by atoms with Crippen LogP contribution in [0.2, 0.25) is 0 Å². The zero-order valence-corrected chi connectivity index (χ0v) is 23.3. The molecule has 0 spiro atoms. The lowest BCUT2D eigenvalue weighted by molar-refractivity contribution is -0.384. The monoisotopic (exact) mass is 569 g/mol. The molecule has 1 aromatic heterocycles. The van der Waals surface area contributed by atoms with Gasteiger partial charge in [-0.1, -0.05) is 47.5 Å². The number of carbonyl (C=O) groups excluding carboxylic acids is 2. The van der Waals surface area contributed by atoms with Gasteiger partial charge < -0.3 is 18.8 Å². The first-order valence-electron chi connectivity index (χ1n) is 13.7. The number of benzene rings is 3. The Kier molecular flexibility index (Phi) is 8.73. The molecule has 3 aromatic carbocycles. The number of imidazole rings is 1. The van der Waals surface area contributed by atoms with Crippen molar-refractivity contribution >= 4 is 17.6 Å². The highest BCUT2D eigenvalue weighted by molar-refractivity contribution is 5.90. The van der Waals surface area contributed by atoms with Gasteiger partial charge in [0.25, 0.3) is 5.69 Å². The fraction of sp³-hybridized carbons (Fsp3) is 0.281. The van der Waals surface area contributed by atoms with Crippen molar-refractivity contribution in [3.05, 3.63) is 129 Å². The van der Waals surface area contributed by atoms with E-state index in [1.54, 1.807) is 48.9 Å². The Balaban J connectivity index is 1.29. The van der Waals surface area contributed by atoms with Crippen LogP contribution in [0.5, 0.6) is 0 Å². The summed E-state index contributed by atoms with van der Waals surface area (Å²) in [6.07, 6.45) is 2.58. The number of hydrogen-bond acceptors (Lipinski definition) is 8. The molecule has 1 fully saturated rings. The minimum absolute atomic E-state index is 0.0433. The topological polar surface area (TPSA) is 123 Å². The Morgan fingerprint density at radius 1 is 0.952 bits per heavy atom. The summed E-state index contributed by atoms with van der Waals surface area (Å²) in [7, 11) is 0. The Morgan fingerprint density at radius 3 is 2.19 bits per heavy atom. The van der Waals surface area contributed by atoms with Gasteiger partial charge in [0.2, 0.25) is 0 Å². The first-order valence-corrected chi connectivity index (χ1v) is 13.7. The van der Waals surface area contributed by atoms with Crippen molar-refractivity contribution in [2.24, 2.45) is 0 Å². The summed E-state index contributed by atoms with van der Waals surface area (Å²) in [5.74, 6) is -0.968. The van der Waals surface area contributed by atoms with Gasteiger partial charge in [-0.15, -0.1) is 0 Å². The normalized spacial score (nSPS) is 18.0. The lowest BCUT2D eigenvalue weighted by Crippen LogP contribution is -2.32. The summed E-state index contributed by atoms with van der Waals surface area (Å²) in [5, 5.41) is 11.0. The summed E-state index contributed by atoms with van der Waals surface area (Å²) in [6.45, 7) is 4.35. The van der Waals surface area contributed by atoms with Gasteiger partial charge >= 0.3 is 11.9 Å². The highest BCUT2D eigenvalue weighted by Crippen LogP contribution is 2.35. The molecule has 10 nitrogen and oxygen atoms in total. The SMILES string of the molecule is Cc1ccc(C(=O)OC[C@H]2O[C@@H](c3cncn3CCc3ccc([N+](=O)[O-])cc3)C[C@@H]2OC(=O)c2ccc(C)cc2)cc1. The summed E-state index contributed by atoms with van der Waals surface area (Å²) >= 11 is 0. The number of hydrogen-bond donors (Lipinski definition) is 0. The van der Waals surface area contributed by atoms with Crippen LogP contribution in [-0.4, -0.2) is 45.2 Å². The molecule has 0 amide bonds. The molecule has 1 saturated heterocycles. The van der Waals surface area contributed by atoms with Gasteiger partial charge in [-0.2, -0.15) is 0 Å². The zero-order valence-electron chi connectivity index (χ0n) is 23.3. The third kappa shape index (κ3) is 6.90. The molecule has 0 bridgehead atoms. The first-order chi connectivity index (χ1) is 20.3. The molecule has 5 rings (SSSR count). The van der Waals surface area contributed by atoms with E-state index in [1.165, 1.54) is 12.1 Å². The van der Waals surface area contributed by atoms with Gasteiger partial charge in [0.05, 0.1) is 34.3 Å². The first kappa shape index (κ1) is 28.7. The van der Waals surface area contributed by atoms with Crippen LogP contribution < -0.4 is 0 Å². The third-order valence-electron chi connectivity index (χ3n) is 7.27. The van der Waals surface area contributed by atoms with E-state index in [1.807, 2.05) is 42.7 Å². The third-order valence-corrected chi connectivity index (χ3v) is 7.27. The lowest BCUT2D eigenvalue weighted by Gasteiger charge is -2.19. The van der Waals surface area contributed by atoms with Crippen LogP contribution in [0.25, 0.3) is 0 Å². The molecule has 1 aliphatic rings. The molecule has 42 heavy (non-hydrogen) atoms. The summed E-state index contributed by atoms with van der Waals surface area (Å²) in [4.78, 5) is 40.5. The van der Waals surface area contributed by atoms with Gasteiger partial charge in [-0.25, -0.2) is 14.6 Å². The Hall–Kier alpha value is -4.83. The number of nitro groups is 1. The molecular formula is C32H31N3O7. The molecule has 0 radical (unpaired) electrons. The molecule has 0 aliphatic carbocycles. The highest BCUT2D eigenvalue weighted by atomic mass is 16.6. The molecule has 3 atom stereocenters. The number of aryl methyl sites for hydroxylation is 4.